The molecule has 0 saturated carbocycles. The van der Waals surface area contributed by atoms with E-state index in [1.165, 1.54) is 0 Å². The third-order valence-electron chi connectivity index (χ3n) is 2.07. The Hall–Kier alpha value is -1.18. The normalized spacial score (nSPS) is 12.2. The monoisotopic (exact) mass is 178 g/mol. The van der Waals surface area contributed by atoms with E-state index >= 15 is 0 Å². The van der Waals surface area contributed by atoms with Gasteiger partial charge < -0.3 is 9.47 Å². The van der Waals surface area contributed by atoms with Gasteiger partial charge in [0, 0.05) is 0 Å². The van der Waals surface area contributed by atoms with Gasteiger partial charge in [0.05, 0.1) is 6.61 Å². The molecular formula is C11H14O2. The highest BCUT2D eigenvalue weighted by molar-refractivity contribution is 5.62. The van der Waals surface area contributed by atoms with Gasteiger partial charge in [0.2, 0.25) is 5.75 Å². The van der Waals surface area contributed by atoms with Crippen LogP contribution in [-0.2, 0) is 0 Å². The Bertz CT molecular complexity index is 305. The van der Waals surface area contributed by atoms with Crippen molar-refractivity contribution >= 4 is 0 Å². The molecule has 1 heterocycles. The van der Waals surface area contributed by atoms with Gasteiger partial charge in [-0.3, -0.25) is 0 Å². The molecule has 0 unspecified atom stereocenters. The van der Waals surface area contributed by atoms with Crippen molar-refractivity contribution in [2.24, 2.45) is 5.92 Å². The number of fused-ring (bicyclic) bond motifs is 1. The first-order valence-electron chi connectivity index (χ1n) is 4.71. The Morgan fingerprint density at radius 2 is 2.23 bits per heavy atom. The lowest BCUT2D eigenvalue weighted by Gasteiger charge is -2.05. The first kappa shape index (κ1) is 8.42. The standard InChI is InChI=1S/C11H14O2/c1-8(2)6-7-12-9-4-3-5-10-11(9)13-10/h3-5,8H,6-7H2,1-2H3. The summed E-state index contributed by atoms with van der Waals surface area (Å²) in [4.78, 5) is 0. The predicted molar refractivity (Wildman–Crippen MR) is 51.5 cm³/mol. The second-order valence-electron chi connectivity index (χ2n) is 3.72. The SMILES string of the molecule is CC(C)CCOc1cccc2c1O2. The Labute approximate surface area is 78.5 Å². The van der Waals surface area contributed by atoms with Crippen molar-refractivity contribution in [2.75, 3.05) is 6.61 Å². The van der Waals surface area contributed by atoms with Crippen molar-refractivity contribution in [3.8, 4) is 17.2 Å². The van der Waals surface area contributed by atoms with Crippen LogP contribution >= 0.6 is 0 Å². The summed E-state index contributed by atoms with van der Waals surface area (Å²) in [7, 11) is 0. The van der Waals surface area contributed by atoms with Gasteiger partial charge in [0.15, 0.2) is 11.5 Å². The van der Waals surface area contributed by atoms with E-state index in [4.69, 9.17) is 9.47 Å². The van der Waals surface area contributed by atoms with Crippen molar-refractivity contribution in [1.29, 1.82) is 0 Å². The molecule has 0 fully saturated rings. The molecule has 2 nitrogen and oxygen atoms in total. The molecule has 0 bridgehead atoms. The van der Waals surface area contributed by atoms with Crippen LogP contribution in [0.3, 0.4) is 0 Å². The Balaban J connectivity index is 1.86. The zero-order valence-corrected chi connectivity index (χ0v) is 8.04. The molecule has 0 aliphatic carbocycles. The number of benzene rings is 1. The van der Waals surface area contributed by atoms with Crippen LogP contribution in [0.2, 0.25) is 0 Å². The van der Waals surface area contributed by atoms with E-state index in [-0.39, 0.29) is 0 Å². The molecule has 1 aromatic rings. The second-order valence-corrected chi connectivity index (χ2v) is 3.72. The molecule has 0 saturated heterocycles. The third-order valence-corrected chi connectivity index (χ3v) is 2.07. The summed E-state index contributed by atoms with van der Waals surface area (Å²) in [6.45, 7) is 5.16. The summed E-state index contributed by atoms with van der Waals surface area (Å²) in [5, 5.41) is 0. The molecule has 1 aromatic carbocycles. The zero-order valence-electron chi connectivity index (χ0n) is 8.04. The fourth-order valence-electron chi connectivity index (χ4n) is 1.18. The maximum Gasteiger partial charge on any atom is 0.211 e. The number of hydrogen-bond donors (Lipinski definition) is 0. The van der Waals surface area contributed by atoms with Crippen LogP contribution in [0.1, 0.15) is 20.3 Å². The molecule has 0 atom stereocenters. The smallest absolute Gasteiger partial charge is 0.211 e. The van der Waals surface area contributed by atoms with Crippen LogP contribution < -0.4 is 9.47 Å². The van der Waals surface area contributed by atoms with Gasteiger partial charge in [-0.05, 0) is 24.5 Å². The summed E-state index contributed by atoms with van der Waals surface area (Å²) in [5.74, 6) is 3.46. The molecule has 2 rings (SSSR count). The molecule has 1 aliphatic heterocycles. The van der Waals surface area contributed by atoms with Crippen LogP contribution in [-0.4, -0.2) is 6.61 Å². The Morgan fingerprint density at radius 1 is 1.38 bits per heavy atom. The van der Waals surface area contributed by atoms with Gasteiger partial charge in [-0.15, -0.1) is 0 Å². The highest BCUT2D eigenvalue weighted by Gasteiger charge is 2.24. The van der Waals surface area contributed by atoms with Gasteiger partial charge in [-0.25, -0.2) is 0 Å². The highest BCUT2D eigenvalue weighted by Crippen LogP contribution is 2.52. The lowest BCUT2D eigenvalue weighted by atomic mass is 10.1. The number of para-hydroxylation sites is 1. The van der Waals surface area contributed by atoms with Crippen LogP contribution in [0.25, 0.3) is 0 Å². The zero-order chi connectivity index (χ0) is 9.26. The van der Waals surface area contributed by atoms with E-state index in [2.05, 4.69) is 13.8 Å². The first-order chi connectivity index (χ1) is 6.27. The molecule has 1 aliphatic rings. The lowest BCUT2D eigenvalue weighted by Crippen LogP contribution is -2.00. The molecule has 0 amide bonds. The molecule has 0 radical (unpaired) electrons. The van der Waals surface area contributed by atoms with E-state index < -0.39 is 0 Å². The topological polar surface area (TPSA) is 21.8 Å². The largest absolute Gasteiger partial charge is 0.490 e. The number of hydrogen-bond acceptors (Lipinski definition) is 2. The average Bonchev–Trinajstić information content (AvgIpc) is 2.82. The van der Waals surface area contributed by atoms with Crippen LogP contribution in [0.4, 0.5) is 0 Å². The quantitative estimate of drug-likeness (QED) is 0.670. The van der Waals surface area contributed by atoms with E-state index in [1.807, 2.05) is 18.2 Å². The minimum absolute atomic E-state index is 0.688. The Kier molecular flexibility index (Phi) is 2.13. The predicted octanol–water partition coefficient (Wildman–Crippen LogP) is 3.22. The van der Waals surface area contributed by atoms with E-state index in [1.54, 1.807) is 0 Å². The highest BCUT2D eigenvalue weighted by atomic mass is 16.6. The van der Waals surface area contributed by atoms with Crippen molar-refractivity contribution < 1.29 is 9.47 Å². The minimum atomic E-state index is 0.688. The van der Waals surface area contributed by atoms with Crippen molar-refractivity contribution in [1.82, 2.24) is 0 Å². The van der Waals surface area contributed by atoms with E-state index in [0.29, 0.717) is 5.92 Å². The van der Waals surface area contributed by atoms with Gasteiger partial charge >= 0.3 is 0 Å². The van der Waals surface area contributed by atoms with Crippen molar-refractivity contribution in [3.63, 3.8) is 0 Å². The van der Waals surface area contributed by atoms with Crippen molar-refractivity contribution in [3.05, 3.63) is 18.2 Å². The average molecular weight is 178 g/mol. The van der Waals surface area contributed by atoms with Gasteiger partial charge in [-0.1, -0.05) is 19.9 Å². The maximum atomic E-state index is 5.57. The molecule has 0 N–H and O–H groups in total. The summed E-state index contributed by atoms with van der Waals surface area (Å²) in [6, 6.07) is 5.85. The molecule has 70 valence electrons. The van der Waals surface area contributed by atoms with Gasteiger partial charge in [0.1, 0.15) is 0 Å². The summed E-state index contributed by atoms with van der Waals surface area (Å²) in [5.41, 5.74) is 0. The van der Waals surface area contributed by atoms with Gasteiger partial charge in [0.25, 0.3) is 0 Å². The van der Waals surface area contributed by atoms with Crippen LogP contribution in [0.15, 0.2) is 18.2 Å². The summed E-state index contributed by atoms with van der Waals surface area (Å²) in [6.07, 6.45) is 1.09. The van der Waals surface area contributed by atoms with Crippen LogP contribution in [0, 0.1) is 5.92 Å². The summed E-state index contributed by atoms with van der Waals surface area (Å²) < 4.78 is 10.8. The number of rotatable bonds is 4. The summed E-state index contributed by atoms with van der Waals surface area (Å²) >= 11 is 0. The Morgan fingerprint density at radius 3 is 3.00 bits per heavy atom. The molecule has 0 spiro atoms. The molecule has 2 heteroatoms. The lowest BCUT2D eigenvalue weighted by molar-refractivity contribution is 0.287. The number of ether oxygens (including phenoxy) is 2. The second kappa shape index (κ2) is 3.29. The third kappa shape index (κ3) is 1.94. The van der Waals surface area contributed by atoms with E-state index in [0.717, 1.165) is 30.3 Å². The van der Waals surface area contributed by atoms with Crippen LogP contribution in [0.5, 0.6) is 17.2 Å². The fourth-order valence-corrected chi connectivity index (χ4v) is 1.18. The van der Waals surface area contributed by atoms with Gasteiger partial charge in [-0.2, -0.15) is 0 Å². The maximum absolute atomic E-state index is 5.57. The van der Waals surface area contributed by atoms with E-state index in [9.17, 15) is 0 Å². The van der Waals surface area contributed by atoms with Crippen molar-refractivity contribution in [2.45, 2.75) is 20.3 Å². The molecule has 13 heavy (non-hydrogen) atoms. The molecular weight excluding hydrogens is 164 g/mol. The molecule has 0 aromatic heterocycles. The first-order valence-corrected chi connectivity index (χ1v) is 4.71. The minimum Gasteiger partial charge on any atom is -0.490 e. The fraction of sp³-hybridized carbons (Fsp3) is 0.455.